The van der Waals surface area contributed by atoms with Gasteiger partial charge in [0.1, 0.15) is 35.2 Å². The molecule has 1 aliphatic heterocycles. The van der Waals surface area contributed by atoms with Gasteiger partial charge in [-0.15, -0.1) is 12.4 Å². The van der Waals surface area contributed by atoms with Crippen LogP contribution in [0.15, 0.2) is 42.5 Å². The van der Waals surface area contributed by atoms with Crippen LogP contribution in [0.4, 0.5) is 0 Å². The molecule has 3 aromatic carbocycles. The van der Waals surface area contributed by atoms with E-state index in [0.29, 0.717) is 43.4 Å². The van der Waals surface area contributed by atoms with Crippen LogP contribution in [0.2, 0.25) is 0 Å². The third-order valence-electron chi connectivity index (χ3n) is 12.2. The van der Waals surface area contributed by atoms with Gasteiger partial charge in [0.05, 0.1) is 48.7 Å². The third kappa shape index (κ3) is 13.1. The Morgan fingerprint density at radius 2 is 1.68 bits per heavy atom. The van der Waals surface area contributed by atoms with Gasteiger partial charge in [0, 0.05) is 68.0 Å². The molecule has 2 aliphatic carbocycles. The number of aromatic hydroxyl groups is 2. The number of phenolic OH excluding ortho intramolecular Hbond substituents is 2. The van der Waals surface area contributed by atoms with Gasteiger partial charge in [-0.1, -0.05) is 24.3 Å². The smallest absolute Gasteiger partial charge is 0.369 e. The van der Waals surface area contributed by atoms with Crippen LogP contribution in [-0.2, 0) is 36.2 Å². The number of hydrazine groups is 1. The Balaban J connectivity index is 0.000000314. The quantitative estimate of drug-likeness (QED) is 0.0157. The van der Waals surface area contributed by atoms with Crippen molar-refractivity contribution in [3.63, 3.8) is 0 Å². The average molecular weight is 1080 g/mol. The zero-order chi connectivity index (χ0) is 52.1. The number of halogens is 1. The van der Waals surface area contributed by atoms with Crippen LogP contribution in [0.1, 0.15) is 87.2 Å². The Hall–Kier alpha value is -4.21. The number of carbonyl (C=O) groups is 3. The molecule has 1 saturated heterocycles. The topological polar surface area (TPSA) is 404 Å². The van der Waals surface area contributed by atoms with Gasteiger partial charge in [-0.3, -0.25) is 23.5 Å². The summed E-state index contributed by atoms with van der Waals surface area (Å²) in [5.41, 5.74) is 5.75. The summed E-state index contributed by atoms with van der Waals surface area (Å²) in [5, 5.41) is 63.5. The van der Waals surface area contributed by atoms with Gasteiger partial charge < -0.3 is 90.5 Å². The lowest BCUT2D eigenvalue weighted by atomic mass is 9.72. The van der Waals surface area contributed by atoms with Crippen molar-refractivity contribution in [2.24, 2.45) is 11.6 Å². The molecule has 1 heterocycles. The number of ether oxygens (including phenoxy) is 4. The largest absolute Gasteiger partial charge is 0.507 e. The molecule has 28 heteroatoms. The van der Waals surface area contributed by atoms with E-state index in [4.69, 9.17) is 62.3 Å². The first-order valence-corrected chi connectivity index (χ1v) is 25.3. The standard InChI is InChI=1S/C27H29NO11.C16H30N4O8P2S.ClH/c1-10-22(31)13(28)6-17(38-10)39-15-8-27(36,16(30)9-29)7-12-19(15)26(35)21-20(24(12)33)23(32)11-4-3-5-14(37-2)18(11)25(21)34;1-20(10-7-16(21,29(22,23)24)30(25,26)27)9-3-11-28-14-5-2-4-13(12-14)6-8-18-15(31)19-17;/h3-5,10,13,15,17,22,29,31,33,35-36H,6-9,28H2,1-2H3;2,4-5,12,21H,3,6-11,17H2,1H3,(H2,18,19,31)(H2,22,23,24)(H2,25,26,27);1H/t10-,13-,15-,17-,22+,27-;;/m0../s1. The van der Waals surface area contributed by atoms with Crippen molar-refractivity contribution < 1.29 is 92.7 Å². The van der Waals surface area contributed by atoms with Crippen LogP contribution in [0.25, 0.3) is 0 Å². The molecule has 0 saturated carbocycles. The Bertz CT molecular complexity index is 2520. The second-order valence-corrected chi connectivity index (χ2v) is 21.5. The first-order chi connectivity index (χ1) is 32.7. The molecule has 0 aromatic heterocycles. The molecular weight excluding hydrogens is 1020 g/mol. The number of aliphatic hydroxyl groups excluding tert-OH is 2. The van der Waals surface area contributed by atoms with E-state index < -0.39 is 122 Å². The zero-order valence-corrected chi connectivity index (χ0v) is 42.1. The SMILES string of the molecule is CN(CCCOc1cccc(CCNC(=S)NN)c1)CCC(O)(P(=O)(O)O)P(=O)(O)O.COc1cccc2c1C(=O)c1c(O)c3c(c(O)c1C2=O)C[C@@](O)(C(=O)CO)C[C@@H]3O[C@H]1C[C@H](N)[C@H](O)[C@H](C)O1.Cl. The van der Waals surface area contributed by atoms with Crippen LogP contribution < -0.4 is 31.8 Å². The summed E-state index contributed by atoms with van der Waals surface area (Å²) < 4.78 is 45.4. The summed E-state index contributed by atoms with van der Waals surface area (Å²) >= 11 is 4.90. The molecule has 394 valence electrons. The number of methoxy groups -OCH3 is 1. The maximum Gasteiger partial charge on any atom is 0.369 e. The summed E-state index contributed by atoms with van der Waals surface area (Å²) in [6.07, 6.45) is -4.65. The second-order valence-electron chi connectivity index (χ2n) is 17.1. The van der Waals surface area contributed by atoms with Crippen molar-refractivity contribution in [2.45, 2.75) is 86.8 Å². The number of thiocarbonyl (C=S) groups is 1. The van der Waals surface area contributed by atoms with Crippen LogP contribution in [0, 0.1) is 0 Å². The van der Waals surface area contributed by atoms with Crippen molar-refractivity contribution in [2.75, 3.05) is 47.0 Å². The summed E-state index contributed by atoms with van der Waals surface area (Å²) in [7, 11) is -7.95. The highest BCUT2D eigenvalue weighted by molar-refractivity contribution is 7.80. The number of Topliss-reactive ketones (excluding diaryl/α,β-unsaturated/α-hetero) is 1. The van der Waals surface area contributed by atoms with Gasteiger partial charge in [0.25, 0.3) is 5.08 Å². The summed E-state index contributed by atoms with van der Waals surface area (Å²) in [4.78, 5) is 77.9. The monoisotopic (exact) mass is 1080 g/mol. The molecule has 3 aromatic rings. The number of nitrogens with two attached hydrogens (primary N) is 2. The van der Waals surface area contributed by atoms with Crippen molar-refractivity contribution in [3.05, 3.63) is 81.4 Å². The number of fused-ring (bicyclic) bond motifs is 3. The molecule has 0 bridgehead atoms. The lowest BCUT2D eigenvalue weighted by molar-refractivity contribution is -0.247. The molecule has 0 spiro atoms. The Kier molecular flexibility index (Phi) is 20.2. The molecule has 6 atom stereocenters. The van der Waals surface area contributed by atoms with E-state index in [1.54, 1.807) is 18.9 Å². The summed E-state index contributed by atoms with van der Waals surface area (Å²) in [6.45, 7) is 1.81. The molecular formula is C43H60ClN5O19P2S. The molecule has 24 nitrogen and oxygen atoms in total. The molecule has 3 aliphatic rings. The average Bonchev–Trinajstić information content (AvgIpc) is 3.30. The van der Waals surface area contributed by atoms with E-state index >= 15 is 0 Å². The Labute approximate surface area is 418 Å². The van der Waals surface area contributed by atoms with E-state index in [1.165, 1.54) is 25.3 Å². The minimum Gasteiger partial charge on any atom is -0.507 e. The van der Waals surface area contributed by atoms with Gasteiger partial charge in [-0.05, 0) is 62.8 Å². The molecule has 71 heavy (non-hydrogen) atoms. The normalized spacial score (nSPS) is 21.9. The fourth-order valence-electron chi connectivity index (χ4n) is 8.35. The van der Waals surface area contributed by atoms with E-state index in [2.05, 4.69) is 10.7 Å². The second kappa shape index (κ2) is 24.2. The number of carbonyl (C=O) groups excluding carboxylic acids is 3. The fourth-order valence-corrected chi connectivity index (χ4v) is 10.6. The number of hydrogen-bond acceptors (Lipinski definition) is 19. The zero-order valence-electron chi connectivity index (χ0n) is 38.7. The van der Waals surface area contributed by atoms with Crippen LogP contribution in [-0.4, -0.2) is 160 Å². The van der Waals surface area contributed by atoms with Gasteiger partial charge in [0.15, 0.2) is 23.0 Å². The summed E-state index contributed by atoms with van der Waals surface area (Å²) in [6, 6.07) is 11.2. The minimum absolute atomic E-state index is 0. The summed E-state index contributed by atoms with van der Waals surface area (Å²) in [5.74, 6) is 2.09. The number of nitrogens with one attached hydrogen (secondary N) is 2. The van der Waals surface area contributed by atoms with E-state index in [-0.39, 0.29) is 53.4 Å². The molecule has 0 amide bonds. The van der Waals surface area contributed by atoms with Crippen molar-refractivity contribution >= 4 is 62.3 Å². The highest BCUT2D eigenvalue weighted by Gasteiger charge is 2.59. The van der Waals surface area contributed by atoms with E-state index in [0.717, 1.165) is 5.56 Å². The van der Waals surface area contributed by atoms with Gasteiger partial charge in [-0.2, -0.15) is 0 Å². The van der Waals surface area contributed by atoms with Gasteiger partial charge in [0.2, 0.25) is 5.78 Å². The van der Waals surface area contributed by atoms with Crippen LogP contribution in [0.5, 0.6) is 23.0 Å². The Morgan fingerprint density at radius 1 is 1.03 bits per heavy atom. The van der Waals surface area contributed by atoms with Crippen molar-refractivity contribution in [1.82, 2.24) is 15.6 Å². The number of benzene rings is 3. The minimum atomic E-state index is -5.44. The molecule has 0 radical (unpaired) electrons. The number of rotatable bonds is 18. The number of nitrogens with zero attached hydrogens (tertiary/aromatic N) is 1. The van der Waals surface area contributed by atoms with Crippen LogP contribution >= 0.6 is 39.8 Å². The fraction of sp³-hybridized carbons (Fsp3) is 0.488. The lowest BCUT2D eigenvalue weighted by Crippen LogP contribution is -2.53. The highest BCUT2D eigenvalue weighted by Crippen LogP contribution is 2.69. The lowest BCUT2D eigenvalue weighted by Gasteiger charge is -2.42. The first-order valence-electron chi connectivity index (χ1n) is 21.7. The van der Waals surface area contributed by atoms with Crippen molar-refractivity contribution in [3.8, 4) is 23.0 Å². The number of aliphatic hydroxyl groups is 4. The van der Waals surface area contributed by atoms with E-state index in [9.17, 15) is 54.2 Å². The van der Waals surface area contributed by atoms with Gasteiger partial charge in [-0.25, -0.2) is 5.84 Å². The maximum atomic E-state index is 13.6. The molecule has 0 unspecified atom stereocenters. The predicted molar refractivity (Wildman–Crippen MR) is 258 cm³/mol. The van der Waals surface area contributed by atoms with Crippen LogP contribution in [0.3, 0.4) is 0 Å². The molecule has 1 fully saturated rings. The first kappa shape index (κ1) is 59.4. The Morgan fingerprint density at radius 3 is 2.28 bits per heavy atom. The number of ketones is 3. The highest BCUT2D eigenvalue weighted by atomic mass is 35.5. The molecule has 16 N–H and O–H groups in total. The van der Waals surface area contributed by atoms with Crippen molar-refractivity contribution in [1.29, 1.82) is 0 Å². The predicted octanol–water partition coefficient (Wildman–Crippen LogP) is 0.0823. The van der Waals surface area contributed by atoms with E-state index in [1.807, 2.05) is 24.3 Å². The number of hydrogen-bond donors (Lipinski definition) is 14. The third-order valence-corrected chi connectivity index (χ3v) is 16.4. The molecule has 6 rings (SSSR count). The van der Waals surface area contributed by atoms with Gasteiger partial charge >= 0.3 is 15.2 Å². The number of phenols is 2. The maximum absolute atomic E-state index is 13.6.